The van der Waals surface area contributed by atoms with E-state index in [2.05, 4.69) is 14.9 Å². The number of likely N-dealkylation sites (tertiary alicyclic amines) is 1. The van der Waals surface area contributed by atoms with Gasteiger partial charge in [-0.2, -0.15) is 4.98 Å². The van der Waals surface area contributed by atoms with Gasteiger partial charge in [0.15, 0.2) is 5.82 Å². The molecule has 2 heterocycles. The molecule has 10 heteroatoms. The summed E-state index contributed by atoms with van der Waals surface area (Å²) < 4.78 is 45.5. The molecule has 3 atom stereocenters. The average molecular weight is 437 g/mol. The molecule has 1 amide bonds. The van der Waals surface area contributed by atoms with Crippen LogP contribution >= 0.6 is 0 Å². The molecule has 8 nitrogen and oxygen atoms in total. The maximum atomic E-state index is 13.1. The summed E-state index contributed by atoms with van der Waals surface area (Å²) in [6.07, 6.45) is 1.28. The largest absolute Gasteiger partial charge is 0.341 e. The van der Waals surface area contributed by atoms with Crippen molar-refractivity contribution in [3.05, 3.63) is 47.4 Å². The first kappa shape index (κ1) is 20.9. The molecule has 1 aliphatic heterocycles. The summed E-state index contributed by atoms with van der Waals surface area (Å²) in [6, 6.07) is 5.66. The van der Waals surface area contributed by atoms with E-state index in [1.54, 1.807) is 30.9 Å². The fraction of sp³-hybridized carbons (Fsp3) is 0.550. The Kier molecular flexibility index (Phi) is 5.39. The van der Waals surface area contributed by atoms with E-state index >= 15 is 0 Å². The van der Waals surface area contributed by atoms with Gasteiger partial charge in [-0.3, -0.25) is 4.79 Å². The normalized spacial score (nSPS) is 26.2. The molecule has 0 bridgehead atoms. The molecular formula is C20H25FN4O4S. The number of fused-ring (bicyclic) bond motifs is 1. The highest BCUT2D eigenvalue weighted by Gasteiger charge is 2.58. The van der Waals surface area contributed by atoms with E-state index in [9.17, 15) is 17.6 Å². The molecule has 1 saturated heterocycles. The van der Waals surface area contributed by atoms with Crippen LogP contribution in [0.4, 0.5) is 4.39 Å². The SMILES string of the molecule is CCS(=O)(=O)NC1CC2CN(C(=O)Cc3ccc(F)cc3)CC2(c2nc(C)no2)C1. The molecule has 1 saturated carbocycles. The summed E-state index contributed by atoms with van der Waals surface area (Å²) in [4.78, 5) is 19.1. The first-order valence-electron chi connectivity index (χ1n) is 10.0. The molecule has 3 unspecified atom stereocenters. The number of aryl methyl sites for hydroxylation is 1. The zero-order chi connectivity index (χ0) is 21.5. The predicted molar refractivity (Wildman–Crippen MR) is 107 cm³/mol. The van der Waals surface area contributed by atoms with E-state index in [1.165, 1.54) is 12.1 Å². The van der Waals surface area contributed by atoms with Crippen LogP contribution in [0.1, 0.15) is 37.0 Å². The van der Waals surface area contributed by atoms with Crippen molar-refractivity contribution in [3.63, 3.8) is 0 Å². The van der Waals surface area contributed by atoms with E-state index in [4.69, 9.17) is 4.52 Å². The lowest BCUT2D eigenvalue weighted by Gasteiger charge is -2.25. The zero-order valence-electron chi connectivity index (χ0n) is 17.0. The number of aromatic nitrogens is 2. The second-order valence-electron chi connectivity index (χ2n) is 8.24. The van der Waals surface area contributed by atoms with Gasteiger partial charge in [0.05, 0.1) is 17.6 Å². The molecule has 0 spiro atoms. The van der Waals surface area contributed by atoms with Gasteiger partial charge in [0.2, 0.25) is 21.8 Å². The number of nitrogens with zero attached hydrogens (tertiary/aromatic N) is 3. The van der Waals surface area contributed by atoms with Crippen molar-refractivity contribution >= 4 is 15.9 Å². The van der Waals surface area contributed by atoms with Crippen molar-refractivity contribution < 1.29 is 22.1 Å². The van der Waals surface area contributed by atoms with Crippen molar-refractivity contribution in [2.75, 3.05) is 18.8 Å². The van der Waals surface area contributed by atoms with Crippen molar-refractivity contribution in [3.8, 4) is 0 Å². The van der Waals surface area contributed by atoms with E-state index in [0.29, 0.717) is 37.6 Å². The highest BCUT2D eigenvalue weighted by Crippen LogP contribution is 2.50. The molecule has 162 valence electrons. The number of benzene rings is 1. The monoisotopic (exact) mass is 436 g/mol. The number of rotatable bonds is 6. The summed E-state index contributed by atoms with van der Waals surface area (Å²) in [7, 11) is -3.34. The minimum atomic E-state index is -3.34. The van der Waals surface area contributed by atoms with Crippen molar-refractivity contribution in [1.82, 2.24) is 19.8 Å². The minimum Gasteiger partial charge on any atom is -0.341 e. The molecule has 0 radical (unpaired) electrons. The lowest BCUT2D eigenvalue weighted by Crippen LogP contribution is -2.40. The highest BCUT2D eigenvalue weighted by molar-refractivity contribution is 7.89. The van der Waals surface area contributed by atoms with E-state index < -0.39 is 15.4 Å². The van der Waals surface area contributed by atoms with Gasteiger partial charge in [-0.05, 0) is 50.3 Å². The summed E-state index contributed by atoms with van der Waals surface area (Å²) in [6.45, 7) is 4.22. The fourth-order valence-electron chi connectivity index (χ4n) is 4.71. The lowest BCUT2D eigenvalue weighted by molar-refractivity contribution is -0.129. The molecular weight excluding hydrogens is 411 g/mol. The molecule has 1 N–H and O–H groups in total. The standard InChI is InChI=1S/C20H25FN4O4S/c1-3-30(27,28)24-17-9-15-11-25(18(26)8-14-4-6-16(21)7-5-14)12-20(15,10-17)19-22-13(2)23-29-19/h4-7,15,17,24H,3,8-12H2,1-2H3. The number of carbonyl (C=O) groups excluding carboxylic acids is 1. The second kappa shape index (κ2) is 7.73. The Bertz CT molecular complexity index is 1040. The molecule has 1 aromatic heterocycles. The average Bonchev–Trinajstić information content (AvgIpc) is 3.36. The van der Waals surface area contributed by atoms with Crippen LogP contribution in [0.25, 0.3) is 0 Å². The first-order valence-corrected chi connectivity index (χ1v) is 11.7. The van der Waals surface area contributed by atoms with Gasteiger partial charge in [-0.15, -0.1) is 0 Å². The van der Waals surface area contributed by atoms with Crippen molar-refractivity contribution in [2.24, 2.45) is 5.92 Å². The minimum absolute atomic E-state index is 0.0130. The Balaban J connectivity index is 1.54. The summed E-state index contributed by atoms with van der Waals surface area (Å²) in [5.41, 5.74) is 0.176. The van der Waals surface area contributed by atoms with Crippen LogP contribution in [0.3, 0.4) is 0 Å². The molecule has 30 heavy (non-hydrogen) atoms. The third kappa shape index (κ3) is 3.98. The number of nitrogens with one attached hydrogen (secondary N) is 1. The molecule has 2 aliphatic rings. The number of sulfonamides is 1. The van der Waals surface area contributed by atoms with Crippen molar-refractivity contribution in [1.29, 1.82) is 0 Å². The van der Waals surface area contributed by atoms with Gasteiger partial charge >= 0.3 is 0 Å². The van der Waals surface area contributed by atoms with Crippen molar-refractivity contribution in [2.45, 2.75) is 44.6 Å². The van der Waals surface area contributed by atoms with Crippen LogP contribution in [-0.2, 0) is 26.7 Å². The van der Waals surface area contributed by atoms with Crippen LogP contribution in [0.5, 0.6) is 0 Å². The molecule has 4 rings (SSSR count). The first-order chi connectivity index (χ1) is 14.2. The van der Waals surface area contributed by atoms with E-state index in [0.717, 1.165) is 5.56 Å². The number of hydrogen-bond acceptors (Lipinski definition) is 6. The number of hydrogen-bond donors (Lipinski definition) is 1. The Hall–Kier alpha value is -2.33. The smallest absolute Gasteiger partial charge is 0.235 e. The summed E-state index contributed by atoms with van der Waals surface area (Å²) in [5, 5.41) is 3.91. The fourth-order valence-corrected chi connectivity index (χ4v) is 5.56. The van der Waals surface area contributed by atoms with Crippen LogP contribution in [0, 0.1) is 18.7 Å². The number of halogens is 1. The van der Waals surface area contributed by atoms with Crippen LogP contribution < -0.4 is 4.72 Å². The lowest BCUT2D eigenvalue weighted by atomic mass is 9.80. The van der Waals surface area contributed by atoms with Gasteiger partial charge in [-0.25, -0.2) is 17.5 Å². The molecule has 1 aliphatic carbocycles. The number of carbonyl (C=O) groups is 1. The Morgan fingerprint density at radius 3 is 2.73 bits per heavy atom. The van der Waals surface area contributed by atoms with Gasteiger partial charge in [0.1, 0.15) is 5.82 Å². The summed E-state index contributed by atoms with van der Waals surface area (Å²) >= 11 is 0. The van der Waals surface area contributed by atoms with Crippen LogP contribution in [0.15, 0.2) is 28.8 Å². The van der Waals surface area contributed by atoms with Gasteiger partial charge < -0.3 is 9.42 Å². The topological polar surface area (TPSA) is 105 Å². The zero-order valence-corrected chi connectivity index (χ0v) is 17.8. The Morgan fingerprint density at radius 2 is 2.10 bits per heavy atom. The van der Waals surface area contributed by atoms with Gasteiger partial charge in [-0.1, -0.05) is 17.3 Å². The van der Waals surface area contributed by atoms with Crippen LogP contribution in [0.2, 0.25) is 0 Å². The molecule has 1 aromatic carbocycles. The highest BCUT2D eigenvalue weighted by atomic mass is 32.2. The van der Waals surface area contributed by atoms with Gasteiger partial charge in [0, 0.05) is 19.1 Å². The predicted octanol–water partition coefficient (Wildman–Crippen LogP) is 1.56. The molecule has 2 aromatic rings. The molecule has 2 fully saturated rings. The summed E-state index contributed by atoms with van der Waals surface area (Å²) in [5.74, 6) is 0.597. The Labute approximate surface area is 174 Å². The van der Waals surface area contributed by atoms with E-state index in [-0.39, 0.29) is 35.9 Å². The quantitative estimate of drug-likeness (QED) is 0.737. The Morgan fingerprint density at radius 1 is 1.37 bits per heavy atom. The van der Waals surface area contributed by atoms with Crippen LogP contribution in [-0.4, -0.2) is 54.2 Å². The third-order valence-electron chi connectivity index (χ3n) is 6.18. The third-order valence-corrected chi connectivity index (χ3v) is 7.63. The van der Waals surface area contributed by atoms with E-state index in [1.807, 2.05) is 0 Å². The van der Waals surface area contributed by atoms with Gasteiger partial charge in [0.25, 0.3) is 0 Å². The number of amides is 1. The maximum absolute atomic E-state index is 13.1. The maximum Gasteiger partial charge on any atom is 0.235 e. The second-order valence-corrected chi connectivity index (χ2v) is 10.3.